The Bertz CT molecular complexity index is 484. The molecule has 3 nitrogen and oxygen atoms in total. The fraction of sp³-hybridized carbons (Fsp3) is 0.500. The zero-order valence-corrected chi connectivity index (χ0v) is 11.2. The number of likely N-dealkylation sites (tertiary alicyclic amines) is 1. The standard InChI is InChI=1S/C14H17F3N2O/c1-19-12(20)4-2-3-11(18)13(19)9-5-7-10(8-6-9)14(15,16)17/h5-8,11,13H,2-4,18H2,1H3. The first kappa shape index (κ1) is 14.8. The van der Waals surface area contributed by atoms with Crippen molar-refractivity contribution in [3.8, 4) is 0 Å². The van der Waals surface area contributed by atoms with Crippen molar-refractivity contribution in [2.75, 3.05) is 7.05 Å². The average Bonchev–Trinajstić information content (AvgIpc) is 2.49. The van der Waals surface area contributed by atoms with Crippen molar-refractivity contribution in [1.29, 1.82) is 0 Å². The number of likely N-dealkylation sites (N-methyl/N-ethyl adjacent to an activating group) is 1. The third kappa shape index (κ3) is 2.95. The molecule has 1 aliphatic heterocycles. The van der Waals surface area contributed by atoms with Crippen LogP contribution in [0, 0.1) is 0 Å². The van der Waals surface area contributed by atoms with Crippen molar-refractivity contribution in [3.63, 3.8) is 0 Å². The maximum Gasteiger partial charge on any atom is 0.416 e. The van der Waals surface area contributed by atoms with Gasteiger partial charge in [0, 0.05) is 19.5 Å². The molecule has 2 unspecified atom stereocenters. The monoisotopic (exact) mass is 286 g/mol. The molecule has 0 aliphatic carbocycles. The molecule has 0 bridgehead atoms. The molecule has 1 saturated heterocycles. The summed E-state index contributed by atoms with van der Waals surface area (Å²) in [6, 6.07) is 4.25. The van der Waals surface area contributed by atoms with Gasteiger partial charge in [-0.1, -0.05) is 12.1 Å². The summed E-state index contributed by atoms with van der Waals surface area (Å²) in [6.07, 6.45) is -2.53. The first-order valence-corrected chi connectivity index (χ1v) is 6.49. The van der Waals surface area contributed by atoms with Crippen LogP contribution in [-0.2, 0) is 11.0 Å². The first-order valence-electron chi connectivity index (χ1n) is 6.49. The number of alkyl halides is 3. The molecule has 6 heteroatoms. The lowest BCUT2D eigenvalue weighted by atomic mass is 9.96. The topological polar surface area (TPSA) is 46.3 Å². The summed E-state index contributed by atoms with van der Waals surface area (Å²) in [5, 5.41) is 0. The van der Waals surface area contributed by atoms with E-state index in [9.17, 15) is 18.0 Å². The van der Waals surface area contributed by atoms with Gasteiger partial charge in [0.1, 0.15) is 0 Å². The summed E-state index contributed by atoms with van der Waals surface area (Å²) >= 11 is 0. The molecule has 0 aromatic heterocycles. The van der Waals surface area contributed by atoms with Crippen LogP contribution in [0.2, 0.25) is 0 Å². The Kier molecular flexibility index (Phi) is 4.04. The number of carbonyl (C=O) groups is 1. The second-order valence-corrected chi connectivity index (χ2v) is 5.13. The van der Waals surface area contributed by atoms with Crippen LogP contribution in [0.1, 0.15) is 36.4 Å². The van der Waals surface area contributed by atoms with Crippen LogP contribution in [-0.4, -0.2) is 23.9 Å². The van der Waals surface area contributed by atoms with Gasteiger partial charge in [-0.2, -0.15) is 13.2 Å². The maximum atomic E-state index is 12.6. The Hall–Kier alpha value is -1.56. The van der Waals surface area contributed by atoms with Crippen LogP contribution in [0.4, 0.5) is 13.2 Å². The summed E-state index contributed by atoms with van der Waals surface area (Å²) < 4.78 is 37.7. The van der Waals surface area contributed by atoms with Gasteiger partial charge in [-0.05, 0) is 30.5 Å². The second kappa shape index (κ2) is 5.44. The highest BCUT2D eigenvalue weighted by molar-refractivity contribution is 5.76. The first-order chi connectivity index (χ1) is 9.30. The summed E-state index contributed by atoms with van der Waals surface area (Å²) in [4.78, 5) is 13.4. The molecule has 1 aromatic rings. The minimum absolute atomic E-state index is 0.0251. The van der Waals surface area contributed by atoms with E-state index in [1.807, 2.05) is 0 Å². The van der Waals surface area contributed by atoms with Crippen molar-refractivity contribution in [1.82, 2.24) is 4.90 Å². The zero-order chi connectivity index (χ0) is 14.9. The van der Waals surface area contributed by atoms with Gasteiger partial charge in [-0.3, -0.25) is 4.79 Å². The minimum atomic E-state index is -4.36. The number of rotatable bonds is 1. The van der Waals surface area contributed by atoms with Crippen LogP contribution >= 0.6 is 0 Å². The number of amides is 1. The Balaban J connectivity index is 2.30. The van der Waals surface area contributed by atoms with E-state index >= 15 is 0 Å². The Labute approximate surface area is 115 Å². The average molecular weight is 286 g/mol. The normalized spacial score (nSPS) is 24.6. The van der Waals surface area contributed by atoms with Gasteiger partial charge in [0.25, 0.3) is 0 Å². The largest absolute Gasteiger partial charge is 0.416 e. The number of benzene rings is 1. The van der Waals surface area contributed by atoms with Crippen molar-refractivity contribution in [3.05, 3.63) is 35.4 Å². The molecule has 1 heterocycles. The molecule has 0 spiro atoms. The molecule has 0 saturated carbocycles. The highest BCUT2D eigenvalue weighted by Crippen LogP contribution is 2.33. The van der Waals surface area contributed by atoms with E-state index in [1.54, 1.807) is 11.9 Å². The van der Waals surface area contributed by atoms with E-state index in [0.29, 0.717) is 24.8 Å². The molecule has 2 N–H and O–H groups in total. The van der Waals surface area contributed by atoms with E-state index in [4.69, 9.17) is 5.73 Å². The summed E-state index contributed by atoms with van der Waals surface area (Å²) in [6.45, 7) is 0. The number of carbonyl (C=O) groups excluding carboxylic acids is 1. The van der Waals surface area contributed by atoms with Crippen LogP contribution in [0.3, 0.4) is 0 Å². The van der Waals surface area contributed by atoms with Crippen LogP contribution in [0.25, 0.3) is 0 Å². The van der Waals surface area contributed by atoms with Crippen molar-refractivity contribution < 1.29 is 18.0 Å². The lowest BCUT2D eigenvalue weighted by molar-refractivity contribution is -0.137. The summed E-state index contributed by atoms with van der Waals surface area (Å²) in [5.74, 6) is -0.0251. The van der Waals surface area contributed by atoms with Gasteiger partial charge >= 0.3 is 6.18 Å². The smallest absolute Gasteiger partial charge is 0.337 e. The number of nitrogens with zero attached hydrogens (tertiary/aromatic N) is 1. The minimum Gasteiger partial charge on any atom is -0.337 e. The lowest BCUT2D eigenvalue weighted by Gasteiger charge is -2.31. The third-order valence-electron chi connectivity index (χ3n) is 3.72. The molecule has 1 aromatic carbocycles. The summed E-state index contributed by atoms with van der Waals surface area (Å²) in [7, 11) is 1.65. The molecule has 1 fully saturated rings. The highest BCUT2D eigenvalue weighted by Gasteiger charge is 2.33. The van der Waals surface area contributed by atoms with E-state index in [1.165, 1.54) is 12.1 Å². The Morgan fingerprint density at radius 1 is 1.25 bits per heavy atom. The number of hydrogen-bond acceptors (Lipinski definition) is 2. The fourth-order valence-electron chi connectivity index (χ4n) is 2.61. The van der Waals surface area contributed by atoms with Crippen LogP contribution in [0.5, 0.6) is 0 Å². The summed E-state index contributed by atoms with van der Waals surface area (Å²) in [5.41, 5.74) is 6.02. The molecule has 1 aliphatic rings. The molecule has 0 radical (unpaired) electrons. The molecule has 2 rings (SSSR count). The van der Waals surface area contributed by atoms with E-state index in [0.717, 1.165) is 12.1 Å². The Morgan fingerprint density at radius 3 is 2.40 bits per heavy atom. The fourth-order valence-corrected chi connectivity index (χ4v) is 2.61. The number of hydrogen-bond donors (Lipinski definition) is 1. The molecule has 2 atom stereocenters. The van der Waals surface area contributed by atoms with Crippen molar-refractivity contribution >= 4 is 5.91 Å². The molecule has 20 heavy (non-hydrogen) atoms. The zero-order valence-electron chi connectivity index (χ0n) is 11.2. The van der Waals surface area contributed by atoms with E-state index < -0.39 is 11.7 Å². The molecular weight excluding hydrogens is 269 g/mol. The van der Waals surface area contributed by atoms with Gasteiger partial charge in [-0.15, -0.1) is 0 Å². The van der Waals surface area contributed by atoms with Gasteiger partial charge < -0.3 is 10.6 Å². The van der Waals surface area contributed by atoms with Gasteiger partial charge in [0.2, 0.25) is 5.91 Å². The molecule has 1 amide bonds. The van der Waals surface area contributed by atoms with E-state index in [2.05, 4.69) is 0 Å². The van der Waals surface area contributed by atoms with E-state index in [-0.39, 0.29) is 18.0 Å². The predicted octanol–water partition coefficient (Wildman–Crippen LogP) is 2.72. The SMILES string of the molecule is CN1C(=O)CCCC(N)C1c1ccc(C(F)(F)F)cc1. The number of nitrogens with two attached hydrogens (primary N) is 1. The van der Waals surface area contributed by atoms with Crippen molar-refractivity contribution in [2.24, 2.45) is 5.73 Å². The maximum absolute atomic E-state index is 12.6. The molecular formula is C14H17F3N2O. The van der Waals surface area contributed by atoms with Gasteiger partial charge in [-0.25, -0.2) is 0 Å². The highest BCUT2D eigenvalue weighted by atomic mass is 19.4. The van der Waals surface area contributed by atoms with Crippen LogP contribution < -0.4 is 5.73 Å². The Morgan fingerprint density at radius 2 is 1.85 bits per heavy atom. The quantitative estimate of drug-likeness (QED) is 0.863. The van der Waals surface area contributed by atoms with Gasteiger partial charge in [0.15, 0.2) is 0 Å². The van der Waals surface area contributed by atoms with Crippen LogP contribution in [0.15, 0.2) is 24.3 Å². The number of halogens is 3. The van der Waals surface area contributed by atoms with Crippen molar-refractivity contribution in [2.45, 2.75) is 37.5 Å². The third-order valence-corrected chi connectivity index (χ3v) is 3.72. The van der Waals surface area contributed by atoms with Gasteiger partial charge in [0.05, 0.1) is 11.6 Å². The second-order valence-electron chi connectivity index (χ2n) is 5.13. The molecule has 110 valence electrons. The predicted molar refractivity (Wildman–Crippen MR) is 68.8 cm³/mol. The lowest BCUT2D eigenvalue weighted by Crippen LogP contribution is -2.39.